The molecule has 3 aromatic rings. The molecule has 32 heavy (non-hydrogen) atoms. The summed E-state index contributed by atoms with van der Waals surface area (Å²) in [4.78, 5) is 35.5. The third-order valence-electron chi connectivity index (χ3n) is 5.30. The summed E-state index contributed by atoms with van der Waals surface area (Å²) < 4.78 is 12.6. The molecular formula is C21H25N5O6. The maximum Gasteiger partial charge on any atom is 0.280 e. The number of carbonyl (C=O) groups excluding carboxylic acids is 1. The Balaban J connectivity index is 1.46. The van der Waals surface area contributed by atoms with Gasteiger partial charge in [0.15, 0.2) is 17.8 Å². The molecule has 11 nitrogen and oxygen atoms in total. The van der Waals surface area contributed by atoms with Crippen molar-refractivity contribution in [1.29, 1.82) is 0 Å². The van der Waals surface area contributed by atoms with Crippen molar-refractivity contribution in [2.45, 2.75) is 44.6 Å². The zero-order valence-corrected chi connectivity index (χ0v) is 17.7. The summed E-state index contributed by atoms with van der Waals surface area (Å²) in [5, 5.41) is 21.8. The largest absolute Gasteiger partial charge is 0.484 e. The van der Waals surface area contributed by atoms with E-state index < -0.39 is 29.9 Å². The summed E-state index contributed by atoms with van der Waals surface area (Å²) in [7, 11) is 0. The van der Waals surface area contributed by atoms with Crippen LogP contribution in [-0.4, -0.2) is 61.1 Å². The number of imidazole rings is 1. The van der Waals surface area contributed by atoms with Crippen molar-refractivity contribution in [2.75, 3.05) is 18.5 Å². The minimum Gasteiger partial charge on any atom is -0.484 e. The number of aliphatic hydroxyl groups excluding tert-OH is 2. The Bertz CT molecular complexity index is 1160. The van der Waals surface area contributed by atoms with Gasteiger partial charge >= 0.3 is 0 Å². The highest BCUT2D eigenvalue weighted by Gasteiger charge is 2.35. The Labute approximate surface area is 183 Å². The number of nitrogens with zero attached hydrogens (tertiary/aromatic N) is 3. The van der Waals surface area contributed by atoms with Crippen LogP contribution in [0.15, 0.2) is 35.4 Å². The second-order valence-electron chi connectivity index (χ2n) is 7.91. The van der Waals surface area contributed by atoms with Crippen LogP contribution in [-0.2, 0) is 9.53 Å². The number of hydrogen-bond acceptors (Lipinski definition) is 8. The Morgan fingerprint density at radius 1 is 1.38 bits per heavy atom. The minimum atomic E-state index is -0.852. The maximum absolute atomic E-state index is 12.4. The number of fused-ring (bicyclic) bond motifs is 1. The topological polar surface area (TPSA) is 152 Å². The van der Waals surface area contributed by atoms with Gasteiger partial charge in [0.25, 0.3) is 11.5 Å². The first-order valence-corrected chi connectivity index (χ1v) is 10.3. The highest BCUT2D eigenvalue weighted by molar-refractivity contribution is 5.90. The number of hydrogen-bond donors (Lipinski definition) is 4. The van der Waals surface area contributed by atoms with Crippen LogP contribution in [0.3, 0.4) is 0 Å². The molecule has 1 aliphatic heterocycles. The molecule has 1 aromatic carbocycles. The molecule has 11 heteroatoms. The van der Waals surface area contributed by atoms with E-state index in [1.165, 1.54) is 10.9 Å². The predicted octanol–water partition coefficient (Wildman–Crippen LogP) is 0.901. The molecule has 0 spiro atoms. The van der Waals surface area contributed by atoms with E-state index in [1.54, 1.807) is 12.1 Å². The first kappa shape index (κ1) is 21.9. The normalized spacial score (nSPS) is 20.7. The minimum absolute atomic E-state index is 0.0646. The highest BCUT2D eigenvalue weighted by Crippen LogP contribution is 2.30. The molecule has 0 saturated carbocycles. The van der Waals surface area contributed by atoms with E-state index >= 15 is 0 Å². The van der Waals surface area contributed by atoms with Crippen molar-refractivity contribution in [2.24, 2.45) is 0 Å². The molecule has 0 bridgehead atoms. The predicted molar refractivity (Wildman–Crippen MR) is 114 cm³/mol. The van der Waals surface area contributed by atoms with Crippen LogP contribution < -0.4 is 15.6 Å². The summed E-state index contributed by atoms with van der Waals surface area (Å²) in [5.74, 6) is 0.380. The van der Waals surface area contributed by atoms with Crippen LogP contribution in [0.1, 0.15) is 38.0 Å². The number of H-pyrrole nitrogens is 1. The monoisotopic (exact) mass is 443 g/mol. The molecule has 3 atom stereocenters. The summed E-state index contributed by atoms with van der Waals surface area (Å²) >= 11 is 0. The van der Waals surface area contributed by atoms with Gasteiger partial charge in [0.2, 0.25) is 5.95 Å². The van der Waals surface area contributed by atoms with Crippen LogP contribution in [0.4, 0.5) is 5.95 Å². The zero-order valence-electron chi connectivity index (χ0n) is 17.7. The van der Waals surface area contributed by atoms with E-state index in [4.69, 9.17) is 9.47 Å². The number of carbonyl (C=O) groups is 1. The molecule has 1 amide bonds. The van der Waals surface area contributed by atoms with Gasteiger partial charge in [-0.25, -0.2) is 4.98 Å². The Hall–Kier alpha value is -3.28. The Morgan fingerprint density at radius 2 is 2.12 bits per heavy atom. The van der Waals surface area contributed by atoms with Crippen molar-refractivity contribution in [3.05, 3.63) is 46.5 Å². The van der Waals surface area contributed by atoms with E-state index in [2.05, 4.69) is 34.1 Å². The summed E-state index contributed by atoms with van der Waals surface area (Å²) in [5.41, 5.74) is 0.879. The molecule has 4 N–H and O–H groups in total. The summed E-state index contributed by atoms with van der Waals surface area (Å²) in [6.07, 6.45) is -0.654. The van der Waals surface area contributed by atoms with Crippen molar-refractivity contribution >= 4 is 23.0 Å². The fourth-order valence-electron chi connectivity index (χ4n) is 3.51. The fraction of sp³-hybridized carbons (Fsp3) is 0.429. The van der Waals surface area contributed by atoms with Crippen LogP contribution in [0.2, 0.25) is 0 Å². The molecule has 0 radical (unpaired) electrons. The lowest BCUT2D eigenvalue weighted by Crippen LogP contribution is -2.24. The average Bonchev–Trinajstić information content (AvgIpc) is 3.35. The molecule has 2 aromatic heterocycles. The van der Waals surface area contributed by atoms with E-state index in [0.717, 1.165) is 5.56 Å². The number of amides is 1. The summed E-state index contributed by atoms with van der Waals surface area (Å²) in [6.45, 7) is 3.58. The number of aliphatic hydroxyl groups is 2. The van der Waals surface area contributed by atoms with Gasteiger partial charge in [0.05, 0.1) is 19.0 Å². The zero-order chi connectivity index (χ0) is 22.8. The Morgan fingerprint density at radius 3 is 2.78 bits per heavy atom. The van der Waals surface area contributed by atoms with Gasteiger partial charge in [-0.15, -0.1) is 0 Å². The average molecular weight is 443 g/mol. The standard InChI is InChI=1S/C21H25N5O6/c1-11(2)12-3-5-13(6-4-12)31-9-16(29)23-21-24-19-18(20(30)25-21)22-10-26(19)17-7-14(28)15(8-27)32-17/h3-6,10-11,14-15,17,27-28H,7-9H2,1-2H3,(H2,23,24,25,29,30). The maximum atomic E-state index is 12.4. The van der Waals surface area contributed by atoms with Crippen molar-refractivity contribution < 1.29 is 24.5 Å². The van der Waals surface area contributed by atoms with Gasteiger partial charge in [-0.1, -0.05) is 26.0 Å². The number of aromatic amines is 1. The SMILES string of the molecule is CC(C)c1ccc(OCC(=O)Nc2nc3c(ncn3C3CC(O)C(CO)O3)c(=O)[nH]2)cc1. The fourth-order valence-corrected chi connectivity index (χ4v) is 3.51. The first-order chi connectivity index (χ1) is 15.4. The third-order valence-corrected chi connectivity index (χ3v) is 5.30. The number of rotatable bonds is 7. The van der Waals surface area contributed by atoms with Crippen molar-refractivity contribution in [3.8, 4) is 5.75 Å². The quantitative estimate of drug-likeness (QED) is 0.420. The van der Waals surface area contributed by atoms with Gasteiger partial charge < -0.3 is 19.7 Å². The van der Waals surface area contributed by atoms with Crippen molar-refractivity contribution in [3.63, 3.8) is 0 Å². The molecule has 3 unspecified atom stereocenters. The lowest BCUT2D eigenvalue weighted by atomic mass is 10.0. The molecule has 1 saturated heterocycles. The van der Waals surface area contributed by atoms with Crippen LogP contribution in [0, 0.1) is 0 Å². The number of nitrogens with one attached hydrogen (secondary N) is 2. The van der Waals surface area contributed by atoms with Crippen LogP contribution >= 0.6 is 0 Å². The molecule has 170 valence electrons. The Kier molecular flexibility index (Phi) is 6.21. The van der Waals surface area contributed by atoms with Crippen LogP contribution in [0.25, 0.3) is 11.2 Å². The molecule has 1 aliphatic rings. The second kappa shape index (κ2) is 9.07. The number of aromatic nitrogens is 4. The van der Waals surface area contributed by atoms with Gasteiger partial charge in [0, 0.05) is 6.42 Å². The molecule has 4 rings (SSSR count). The van der Waals surface area contributed by atoms with E-state index in [-0.39, 0.29) is 36.7 Å². The lowest BCUT2D eigenvalue weighted by Gasteiger charge is -2.14. The van der Waals surface area contributed by atoms with E-state index in [9.17, 15) is 19.8 Å². The highest BCUT2D eigenvalue weighted by atomic mass is 16.5. The van der Waals surface area contributed by atoms with Crippen LogP contribution in [0.5, 0.6) is 5.75 Å². The molecule has 1 fully saturated rings. The first-order valence-electron chi connectivity index (χ1n) is 10.3. The van der Waals surface area contributed by atoms with E-state index in [0.29, 0.717) is 11.7 Å². The van der Waals surface area contributed by atoms with Gasteiger partial charge in [-0.3, -0.25) is 24.5 Å². The number of anilines is 1. The molecule has 3 heterocycles. The van der Waals surface area contributed by atoms with Gasteiger partial charge in [-0.05, 0) is 23.6 Å². The smallest absolute Gasteiger partial charge is 0.280 e. The number of ether oxygens (including phenoxy) is 2. The third kappa shape index (κ3) is 4.49. The summed E-state index contributed by atoms with van der Waals surface area (Å²) in [6, 6.07) is 7.47. The second-order valence-corrected chi connectivity index (χ2v) is 7.91. The van der Waals surface area contributed by atoms with Gasteiger partial charge in [0.1, 0.15) is 18.1 Å². The molecule has 0 aliphatic carbocycles. The molecular weight excluding hydrogens is 418 g/mol. The van der Waals surface area contributed by atoms with Crippen molar-refractivity contribution in [1.82, 2.24) is 19.5 Å². The lowest BCUT2D eigenvalue weighted by molar-refractivity contribution is -0.118. The van der Waals surface area contributed by atoms with E-state index in [1.807, 2.05) is 12.1 Å². The number of benzene rings is 1. The van der Waals surface area contributed by atoms with Gasteiger partial charge in [-0.2, -0.15) is 4.98 Å².